The number of carboxylic acids is 1. The largest absolute Gasteiger partial charge is 0.481 e. The summed E-state index contributed by atoms with van der Waals surface area (Å²) >= 11 is 0. The van der Waals surface area contributed by atoms with Gasteiger partial charge in [0.05, 0.1) is 5.92 Å². The van der Waals surface area contributed by atoms with Gasteiger partial charge in [-0.2, -0.15) is 0 Å². The van der Waals surface area contributed by atoms with Crippen LogP contribution in [0.4, 0.5) is 0 Å². The van der Waals surface area contributed by atoms with E-state index in [1.807, 2.05) is 49.4 Å². The zero-order chi connectivity index (χ0) is 25.1. The Balaban J connectivity index is 2.44. The van der Waals surface area contributed by atoms with Gasteiger partial charge in [0, 0.05) is 23.2 Å². The topological polar surface area (TPSA) is 118 Å². The first-order chi connectivity index (χ1) is 16.2. The van der Waals surface area contributed by atoms with Crippen molar-refractivity contribution in [2.75, 3.05) is 6.54 Å². The number of carbonyl (C=O) groups is 2. The van der Waals surface area contributed by atoms with Crippen LogP contribution in [0.3, 0.4) is 0 Å². The van der Waals surface area contributed by atoms with Crippen molar-refractivity contribution in [3.63, 3.8) is 0 Å². The smallest absolute Gasteiger partial charge is 0.307 e. The maximum absolute atomic E-state index is 13.0. The predicted octanol–water partition coefficient (Wildman–Crippen LogP) is 5.17. The lowest BCUT2D eigenvalue weighted by Gasteiger charge is -2.28. The quantitative estimate of drug-likeness (QED) is 0.167. The molecule has 0 radical (unpaired) electrons. The lowest BCUT2D eigenvalue weighted by atomic mass is 9.77. The van der Waals surface area contributed by atoms with Crippen LogP contribution in [0.15, 0.2) is 54.6 Å². The summed E-state index contributed by atoms with van der Waals surface area (Å²) < 4.78 is 0. The van der Waals surface area contributed by atoms with Crippen molar-refractivity contribution in [2.45, 2.75) is 64.4 Å². The number of carbonyl (C=O) groups excluding carboxylic acids is 1. The molecular formula is C27H37NO6. The normalized spacial score (nSPS) is 23.4. The second-order valence-corrected chi connectivity index (χ2v) is 9.25. The summed E-state index contributed by atoms with van der Waals surface area (Å²) in [4.78, 5) is 36.0. The van der Waals surface area contributed by atoms with E-state index >= 15 is 0 Å². The van der Waals surface area contributed by atoms with E-state index in [-0.39, 0.29) is 18.6 Å². The second-order valence-electron chi connectivity index (χ2n) is 9.25. The Labute approximate surface area is 201 Å². The zero-order valence-corrected chi connectivity index (χ0v) is 20.1. The summed E-state index contributed by atoms with van der Waals surface area (Å²) in [5.74, 6) is -4.30. The van der Waals surface area contributed by atoms with Crippen molar-refractivity contribution in [1.82, 2.24) is 0 Å². The number of rotatable bonds is 14. The molecule has 1 aromatic carbocycles. The number of Topliss-reactive ketones (excluding diaryl/α,β-unsaturated/α-hetero) is 1. The van der Waals surface area contributed by atoms with Crippen LogP contribution < -0.4 is 0 Å². The summed E-state index contributed by atoms with van der Waals surface area (Å²) in [5, 5.41) is 32.8. The van der Waals surface area contributed by atoms with Gasteiger partial charge in [0.25, 0.3) is 0 Å². The highest BCUT2D eigenvalue weighted by atomic mass is 16.6. The molecule has 0 saturated heterocycles. The van der Waals surface area contributed by atoms with Gasteiger partial charge in [-0.25, -0.2) is 0 Å². The number of hydrogen-bond acceptors (Lipinski definition) is 5. The van der Waals surface area contributed by atoms with Crippen molar-refractivity contribution >= 4 is 11.8 Å². The molecule has 1 aliphatic rings. The van der Waals surface area contributed by atoms with Gasteiger partial charge < -0.3 is 10.2 Å². The number of nitrogens with zero attached hydrogens (tertiary/aromatic N) is 1. The lowest BCUT2D eigenvalue weighted by molar-refractivity contribution is -0.489. The van der Waals surface area contributed by atoms with Crippen molar-refractivity contribution in [1.29, 1.82) is 0 Å². The van der Waals surface area contributed by atoms with Crippen LogP contribution in [0.2, 0.25) is 0 Å². The number of ketones is 1. The van der Waals surface area contributed by atoms with E-state index in [1.165, 1.54) is 0 Å². The SMILES string of the molecule is C/C=C/CCC(C(=O)O)C1C(=O)CC(C[N+](=O)[O-])C1/C=C\C(O)(CCCCC)c1ccccc1. The van der Waals surface area contributed by atoms with Gasteiger partial charge in [-0.1, -0.05) is 74.4 Å². The molecule has 7 heteroatoms. The highest BCUT2D eigenvalue weighted by Crippen LogP contribution is 2.43. The minimum absolute atomic E-state index is 0.0202. The molecule has 0 amide bonds. The van der Waals surface area contributed by atoms with Gasteiger partial charge in [0.15, 0.2) is 0 Å². The number of nitro groups is 1. The van der Waals surface area contributed by atoms with Crippen molar-refractivity contribution in [2.24, 2.45) is 23.7 Å². The summed E-state index contributed by atoms with van der Waals surface area (Å²) in [6.45, 7) is 3.52. The second kappa shape index (κ2) is 13.2. The number of carboxylic acid groups (broad SMARTS) is 1. The zero-order valence-electron chi connectivity index (χ0n) is 20.1. The monoisotopic (exact) mass is 471 g/mol. The molecule has 186 valence electrons. The molecule has 5 unspecified atom stereocenters. The van der Waals surface area contributed by atoms with Crippen molar-refractivity contribution in [3.05, 3.63) is 70.3 Å². The van der Waals surface area contributed by atoms with E-state index in [2.05, 4.69) is 6.92 Å². The fourth-order valence-corrected chi connectivity index (χ4v) is 5.05. The van der Waals surface area contributed by atoms with E-state index in [9.17, 15) is 29.9 Å². The molecular weight excluding hydrogens is 434 g/mol. The Kier molecular flexibility index (Phi) is 10.6. The fourth-order valence-electron chi connectivity index (χ4n) is 5.05. The van der Waals surface area contributed by atoms with E-state index in [4.69, 9.17) is 0 Å². The van der Waals surface area contributed by atoms with E-state index in [0.29, 0.717) is 18.4 Å². The minimum atomic E-state index is -1.30. The molecule has 1 aliphatic carbocycles. The lowest BCUT2D eigenvalue weighted by Crippen LogP contribution is -2.32. The van der Waals surface area contributed by atoms with Crippen molar-refractivity contribution in [3.8, 4) is 0 Å². The predicted molar refractivity (Wildman–Crippen MR) is 131 cm³/mol. The Hall–Kier alpha value is -2.80. The minimum Gasteiger partial charge on any atom is -0.481 e. The van der Waals surface area contributed by atoms with Crippen LogP contribution in [0.25, 0.3) is 0 Å². The Morgan fingerprint density at radius 2 is 2.00 bits per heavy atom. The molecule has 0 bridgehead atoms. The van der Waals surface area contributed by atoms with Crippen LogP contribution >= 0.6 is 0 Å². The maximum atomic E-state index is 13.0. The molecule has 0 aromatic heterocycles. The van der Waals surface area contributed by atoms with Gasteiger partial charge in [-0.15, -0.1) is 0 Å². The van der Waals surface area contributed by atoms with Crippen LogP contribution in [0.5, 0.6) is 0 Å². The number of allylic oxidation sites excluding steroid dienone is 3. The summed E-state index contributed by atoms with van der Waals surface area (Å²) in [6.07, 6.45) is 11.0. The molecule has 34 heavy (non-hydrogen) atoms. The van der Waals surface area contributed by atoms with Gasteiger partial charge >= 0.3 is 5.97 Å². The van der Waals surface area contributed by atoms with E-state index < -0.39 is 46.7 Å². The average Bonchev–Trinajstić information content (AvgIpc) is 3.09. The highest BCUT2D eigenvalue weighted by molar-refractivity contribution is 5.89. The van der Waals surface area contributed by atoms with E-state index in [1.54, 1.807) is 12.2 Å². The van der Waals surface area contributed by atoms with Gasteiger partial charge in [0.1, 0.15) is 11.4 Å². The van der Waals surface area contributed by atoms with Crippen LogP contribution in [0.1, 0.15) is 64.4 Å². The number of aliphatic hydroxyl groups is 1. The van der Waals surface area contributed by atoms with Gasteiger partial charge in [-0.05, 0) is 44.1 Å². The molecule has 1 aromatic rings. The summed E-state index contributed by atoms with van der Waals surface area (Å²) in [6, 6.07) is 9.21. The third-order valence-electron chi connectivity index (χ3n) is 6.84. The van der Waals surface area contributed by atoms with Crippen LogP contribution in [-0.4, -0.2) is 33.4 Å². The first-order valence-electron chi connectivity index (χ1n) is 12.2. The van der Waals surface area contributed by atoms with Gasteiger partial charge in [-0.3, -0.25) is 19.7 Å². The molecule has 2 rings (SSSR count). The maximum Gasteiger partial charge on any atom is 0.307 e. The average molecular weight is 472 g/mol. The number of aliphatic carboxylic acids is 1. The van der Waals surface area contributed by atoms with E-state index in [0.717, 1.165) is 19.3 Å². The molecule has 7 nitrogen and oxygen atoms in total. The number of hydrogen-bond donors (Lipinski definition) is 2. The summed E-state index contributed by atoms with van der Waals surface area (Å²) in [5.41, 5.74) is -0.591. The molecule has 0 heterocycles. The number of unbranched alkanes of at least 4 members (excludes halogenated alkanes) is 2. The van der Waals surface area contributed by atoms with Crippen LogP contribution in [0, 0.1) is 33.8 Å². The molecule has 0 aliphatic heterocycles. The molecule has 1 saturated carbocycles. The highest BCUT2D eigenvalue weighted by Gasteiger charge is 2.49. The molecule has 1 fully saturated rings. The third-order valence-corrected chi connectivity index (χ3v) is 6.84. The van der Waals surface area contributed by atoms with Gasteiger partial charge in [0.2, 0.25) is 6.54 Å². The standard InChI is InChI=1S/C27H37NO6/c1-3-5-8-14-23(26(30)31)25-22(20(18-24(25)29)19-28(33)34)15-17-27(32,16-11-6-4-2)21-12-9-7-10-13-21/h3,5,7,9-10,12-13,15,17,20,22-23,25,32H,4,6,8,11,14,16,18-19H2,1-2H3,(H,30,31)/b5-3+,17-15-. The third kappa shape index (κ3) is 7.35. The van der Waals surface area contributed by atoms with Crippen LogP contribution in [-0.2, 0) is 15.2 Å². The molecule has 0 spiro atoms. The summed E-state index contributed by atoms with van der Waals surface area (Å²) in [7, 11) is 0. The first-order valence-corrected chi connectivity index (χ1v) is 12.2. The Morgan fingerprint density at radius 1 is 1.29 bits per heavy atom. The van der Waals surface area contributed by atoms with Crippen molar-refractivity contribution < 1.29 is 24.7 Å². The molecule has 2 N–H and O–H groups in total. The Morgan fingerprint density at radius 3 is 2.59 bits per heavy atom. The first kappa shape index (κ1) is 27.4. The molecule has 5 atom stereocenters. The number of benzene rings is 1. The Bertz CT molecular complexity index is 880. The fraction of sp³-hybridized carbons (Fsp3) is 0.556.